The molecule has 0 bridgehead atoms. The largest absolute Gasteiger partial charge is 0.411 e. The summed E-state index contributed by atoms with van der Waals surface area (Å²) >= 11 is 0. The Balaban J connectivity index is 1.05. The highest BCUT2D eigenvalue weighted by Crippen LogP contribution is 2.30. The molecule has 56 heavy (non-hydrogen) atoms. The van der Waals surface area contributed by atoms with Crippen LogP contribution in [0.2, 0.25) is 0 Å². The van der Waals surface area contributed by atoms with E-state index in [0.717, 1.165) is 11.4 Å². The lowest BCUT2D eigenvalue weighted by Crippen LogP contribution is -2.08. The number of nitrogens with zero attached hydrogens (tertiary/aromatic N) is 12. The van der Waals surface area contributed by atoms with Crippen LogP contribution in [-0.4, -0.2) is 61.3 Å². The monoisotopic (exact) mass is 734 g/mol. The van der Waals surface area contributed by atoms with Crippen molar-refractivity contribution < 1.29 is 10.4 Å². The second kappa shape index (κ2) is 14.7. The molecule has 0 saturated carbocycles. The van der Waals surface area contributed by atoms with E-state index in [-0.39, 0.29) is 0 Å². The predicted octanol–water partition coefficient (Wildman–Crippen LogP) is 7.34. The van der Waals surface area contributed by atoms with Gasteiger partial charge in [0.25, 0.3) is 0 Å². The molecule has 0 saturated heterocycles. The number of oxime groups is 2. The summed E-state index contributed by atoms with van der Waals surface area (Å²) in [5.74, 6) is 1.19. The molecule has 0 atom stereocenters. The van der Waals surface area contributed by atoms with E-state index in [1.165, 1.54) is 0 Å². The molecule has 0 aliphatic carbocycles. The van der Waals surface area contributed by atoms with Crippen LogP contribution in [0, 0.1) is 29.6 Å². The van der Waals surface area contributed by atoms with Gasteiger partial charge in [0.2, 0.25) is 0 Å². The molecular weight excluding hydrogens is 705 g/mol. The van der Waals surface area contributed by atoms with Gasteiger partial charge in [0, 0.05) is 45.9 Å². The van der Waals surface area contributed by atoms with Crippen molar-refractivity contribution in [3.8, 4) is 46.3 Å². The number of aryl methyl sites for hydroxylation is 2. The molecule has 0 spiro atoms. The molecule has 0 fully saturated rings. The molecule has 6 heterocycles. The van der Waals surface area contributed by atoms with Gasteiger partial charge in [-0.15, -0.1) is 0 Å². The maximum Gasteiger partial charge on any atom is 0.154 e. The van der Waals surface area contributed by atoms with Crippen molar-refractivity contribution in [2.75, 3.05) is 0 Å². The van der Waals surface area contributed by atoms with Crippen LogP contribution in [0.5, 0.6) is 0 Å². The van der Waals surface area contributed by atoms with E-state index in [2.05, 4.69) is 37.5 Å². The summed E-state index contributed by atoms with van der Waals surface area (Å²) in [7, 11) is 0. The molecule has 0 amide bonds. The zero-order valence-corrected chi connectivity index (χ0v) is 30.1. The van der Waals surface area contributed by atoms with E-state index in [9.17, 15) is 20.9 Å². The second-order valence-electron chi connectivity index (χ2n) is 12.9. The Kier molecular flexibility index (Phi) is 9.20. The Bertz CT molecular complexity index is 2970. The maximum absolute atomic E-state index is 10.1. The molecule has 8 aromatic rings. The molecule has 8 rings (SSSR count). The Morgan fingerprint density at radius 2 is 1.41 bits per heavy atom. The Hall–Kier alpha value is -8.10. The first-order valence-electron chi connectivity index (χ1n) is 17.5. The third-order valence-corrected chi connectivity index (χ3v) is 9.32. The van der Waals surface area contributed by atoms with Gasteiger partial charge in [-0.2, -0.15) is 20.7 Å². The van der Waals surface area contributed by atoms with Crippen LogP contribution in [0.1, 0.15) is 47.2 Å². The van der Waals surface area contributed by atoms with E-state index >= 15 is 0 Å². The van der Waals surface area contributed by atoms with Crippen LogP contribution < -0.4 is 0 Å². The SMILES string of the molecule is C/C(=N/O)c1cccc(-c2cc(C#N)c3cnn(-c4cccc(CC/C(=N/O)c5cccc(-c6cc(C#N)c7cn(-c8cccc(C)n8)nc7c6)n5)n4)c3c2)n1. The standard InChI is InChI=1S/C42H30N12O2/c1-25-7-3-13-41(46-25)53-24-33-30(22-44)17-27(19-39(33)50-53)35-11-6-12-37(49-35)38(52-56)16-15-31-8-4-14-42(47-31)54-40-20-28(18-29(21-43)32(40)23-45-54)36-10-5-9-34(48-36)26(2)51-55/h3-14,17-20,23-24,55-56H,15-16H2,1-2H3/b51-26-,52-38-. The lowest BCUT2D eigenvalue weighted by Gasteiger charge is -2.09. The van der Waals surface area contributed by atoms with Gasteiger partial charge in [-0.1, -0.05) is 34.6 Å². The molecular formula is C42H30N12O2. The molecule has 14 heteroatoms. The van der Waals surface area contributed by atoms with Crippen LogP contribution in [0.25, 0.3) is 56.0 Å². The molecule has 0 aliphatic rings. The molecule has 2 N–H and O–H groups in total. The van der Waals surface area contributed by atoms with E-state index in [1.807, 2.05) is 79.7 Å². The summed E-state index contributed by atoms with van der Waals surface area (Å²) in [4.78, 5) is 18.9. The van der Waals surface area contributed by atoms with E-state index in [1.54, 1.807) is 52.9 Å². The smallest absolute Gasteiger partial charge is 0.154 e. The zero-order valence-electron chi connectivity index (χ0n) is 30.1. The molecule has 6 aromatic heterocycles. The van der Waals surface area contributed by atoms with E-state index in [0.29, 0.717) is 103 Å². The average Bonchev–Trinajstić information content (AvgIpc) is 3.88. The minimum atomic E-state index is 0.320. The van der Waals surface area contributed by atoms with E-state index in [4.69, 9.17) is 15.1 Å². The van der Waals surface area contributed by atoms with Gasteiger partial charge in [0.1, 0.15) is 11.4 Å². The fourth-order valence-electron chi connectivity index (χ4n) is 6.49. The summed E-state index contributed by atoms with van der Waals surface area (Å²) in [6.45, 7) is 3.56. The van der Waals surface area contributed by atoms with Crippen molar-refractivity contribution in [3.05, 3.63) is 143 Å². The number of hydrogen-bond donors (Lipinski definition) is 2. The van der Waals surface area contributed by atoms with Crippen LogP contribution in [0.3, 0.4) is 0 Å². The van der Waals surface area contributed by atoms with Crippen LogP contribution >= 0.6 is 0 Å². The highest BCUT2D eigenvalue weighted by atomic mass is 16.4. The maximum atomic E-state index is 10.1. The van der Waals surface area contributed by atoms with Crippen molar-refractivity contribution in [1.29, 1.82) is 10.5 Å². The number of pyridine rings is 4. The van der Waals surface area contributed by atoms with Gasteiger partial charge < -0.3 is 10.4 Å². The van der Waals surface area contributed by atoms with Gasteiger partial charge in [0.05, 0.1) is 63.3 Å². The summed E-state index contributed by atoms with van der Waals surface area (Å²) in [6, 6.07) is 33.9. The minimum absolute atomic E-state index is 0.320. The van der Waals surface area contributed by atoms with Crippen LogP contribution in [0.15, 0.2) is 120 Å². The molecule has 14 nitrogen and oxygen atoms in total. The van der Waals surface area contributed by atoms with Gasteiger partial charge in [-0.25, -0.2) is 29.3 Å². The van der Waals surface area contributed by atoms with Crippen molar-refractivity contribution in [2.24, 2.45) is 10.3 Å². The van der Waals surface area contributed by atoms with Crippen molar-refractivity contribution >= 4 is 33.2 Å². The second-order valence-corrected chi connectivity index (χ2v) is 12.9. The number of benzene rings is 2. The zero-order chi connectivity index (χ0) is 38.8. The van der Waals surface area contributed by atoms with Gasteiger partial charge >= 0.3 is 0 Å². The third-order valence-electron chi connectivity index (χ3n) is 9.32. The molecule has 0 aliphatic heterocycles. The molecule has 270 valence electrons. The lowest BCUT2D eigenvalue weighted by atomic mass is 10.0. The Morgan fingerprint density at radius 1 is 0.732 bits per heavy atom. The first kappa shape index (κ1) is 35.0. The minimum Gasteiger partial charge on any atom is -0.411 e. The van der Waals surface area contributed by atoms with Gasteiger partial charge in [0.15, 0.2) is 11.6 Å². The summed E-state index contributed by atoms with van der Waals surface area (Å²) in [5, 5.41) is 56.9. The molecule has 2 aromatic carbocycles. The topological polar surface area (TPSA) is 200 Å². The van der Waals surface area contributed by atoms with Gasteiger partial charge in [-0.3, -0.25) is 0 Å². The first-order valence-corrected chi connectivity index (χ1v) is 17.5. The Labute approximate surface area is 319 Å². The van der Waals surface area contributed by atoms with Crippen molar-refractivity contribution in [2.45, 2.75) is 26.7 Å². The van der Waals surface area contributed by atoms with Crippen molar-refractivity contribution in [1.82, 2.24) is 39.5 Å². The fourth-order valence-corrected chi connectivity index (χ4v) is 6.49. The summed E-state index contributed by atoms with van der Waals surface area (Å²) < 4.78 is 3.34. The van der Waals surface area contributed by atoms with E-state index < -0.39 is 0 Å². The fraction of sp³-hybridized carbons (Fsp3) is 0.0952. The molecule has 0 unspecified atom stereocenters. The third kappa shape index (κ3) is 6.66. The number of hydrogen-bond acceptors (Lipinski definition) is 12. The first-order chi connectivity index (χ1) is 27.3. The molecule has 0 radical (unpaired) electrons. The average molecular weight is 735 g/mol. The van der Waals surface area contributed by atoms with Crippen molar-refractivity contribution in [3.63, 3.8) is 0 Å². The van der Waals surface area contributed by atoms with Gasteiger partial charge in [-0.05, 0) is 93.1 Å². The summed E-state index contributed by atoms with van der Waals surface area (Å²) in [5.41, 5.74) is 8.02. The van der Waals surface area contributed by atoms with Crippen LogP contribution in [0.4, 0.5) is 0 Å². The number of aromatic nitrogens is 8. The number of nitriles is 2. The highest BCUT2D eigenvalue weighted by molar-refractivity contribution is 5.99. The predicted molar refractivity (Wildman–Crippen MR) is 209 cm³/mol. The number of rotatable bonds is 9. The lowest BCUT2D eigenvalue weighted by molar-refractivity contribution is 0.317. The normalized spacial score (nSPS) is 11.9. The quantitative estimate of drug-likeness (QED) is 0.0859. The number of fused-ring (bicyclic) bond motifs is 2. The summed E-state index contributed by atoms with van der Waals surface area (Å²) in [6.07, 6.45) is 4.18. The van der Waals surface area contributed by atoms with Crippen LogP contribution in [-0.2, 0) is 6.42 Å². The highest BCUT2D eigenvalue weighted by Gasteiger charge is 2.17. The Morgan fingerprint density at radius 3 is 2.14 bits per heavy atom.